The highest BCUT2D eigenvalue weighted by atomic mass is 35.5. The molecule has 0 radical (unpaired) electrons. The third-order valence-corrected chi connectivity index (χ3v) is 1.94. The molecule has 0 fully saturated rings. The van der Waals surface area contributed by atoms with Crippen LogP contribution in [0.15, 0.2) is 0 Å². The van der Waals surface area contributed by atoms with Gasteiger partial charge in [0.05, 0.1) is 0 Å². The third kappa shape index (κ3) is 12.0. The van der Waals surface area contributed by atoms with Crippen LogP contribution in [0.4, 0.5) is 13.2 Å². The summed E-state index contributed by atoms with van der Waals surface area (Å²) < 4.78 is 40.0. The number of ether oxygens (including phenoxy) is 1. The Morgan fingerprint density at radius 3 is 2.14 bits per heavy atom. The predicted octanol–water partition coefficient (Wildman–Crippen LogP) is 3.75. The van der Waals surface area contributed by atoms with Crippen molar-refractivity contribution in [2.45, 2.75) is 38.3 Å². The lowest BCUT2D eigenvalue weighted by molar-refractivity contribution is -0.137. The van der Waals surface area contributed by atoms with Crippen molar-refractivity contribution in [3.05, 3.63) is 0 Å². The molecule has 0 aliphatic heterocycles. The normalized spacial score (nSPS) is 12.0. The number of alkyl halides is 4. The Bertz CT molecular complexity index is 128. The van der Waals surface area contributed by atoms with E-state index < -0.39 is 12.6 Å². The lowest BCUT2D eigenvalue weighted by atomic mass is 10.3. The zero-order chi connectivity index (χ0) is 10.9. The molecule has 86 valence electrons. The number of halogens is 4. The van der Waals surface area contributed by atoms with Crippen LogP contribution >= 0.6 is 11.6 Å². The fraction of sp³-hybridized carbons (Fsp3) is 1.00. The molecule has 0 aliphatic carbocycles. The summed E-state index contributed by atoms with van der Waals surface area (Å²) in [6, 6.07) is 0. The molecule has 0 aromatic heterocycles. The van der Waals surface area contributed by atoms with E-state index in [4.69, 9.17) is 16.3 Å². The first-order valence-corrected chi connectivity index (χ1v) is 5.30. The largest absolute Gasteiger partial charge is 0.389 e. The van der Waals surface area contributed by atoms with Crippen molar-refractivity contribution in [1.82, 2.24) is 0 Å². The molecule has 0 unspecified atom stereocenters. The van der Waals surface area contributed by atoms with Crippen LogP contribution in [0.25, 0.3) is 0 Å². The van der Waals surface area contributed by atoms with Crippen molar-refractivity contribution in [2.24, 2.45) is 0 Å². The second-order valence-electron chi connectivity index (χ2n) is 3.08. The quantitative estimate of drug-likeness (QED) is 0.457. The van der Waals surface area contributed by atoms with Crippen LogP contribution in [0.1, 0.15) is 32.1 Å². The first kappa shape index (κ1) is 14.0. The summed E-state index contributed by atoms with van der Waals surface area (Å²) >= 11 is 5.45. The van der Waals surface area contributed by atoms with Gasteiger partial charge in [-0.3, -0.25) is 0 Å². The topological polar surface area (TPSA) is 9.23 Å². The van der Waals surface area contributed by atoms with Gasteiger partial charge >= 0.3 is 6.18 Å². The van der Waals surface area contributed by atoms with E-state index >= 15 is 0 Å². The van der Waals surface area contributed by atoms with Gasteiger partial charge in [-0.15, -0.1) is 11.6 Å². The number of hydrogen-bond donors (Lipinski definition) is 0. The number of hydrogen-bond acceptors (Lipinski definition) is 1. The number of rotatable bonds is 8. The highest BCUT2D eigenvalue weighted by Gasteiger charge is 2.25. The van der Waals surface area contributed by atoms with Crippen molar-refractivity contribution in [3.8, 4) is 0 Å². The monoisotopic (exact) mass is 232 g/mol. The van der Waals surface area contributed by atoms with Gasteiger partial charge in [0.25, 0.3) is 0 Å². The van der Waals surface area contributed by atoms with Crippen molar-refractivity contribution >= 4 is 11.6 Å². The van der Waals surface area contributed by atoms with Crippen LogP contribution in [0.5, 0.6) is 0 Å². The molecule has 0 atom stereocenters. The highest BCUT2D eigenvalue weighted by molar-refractivity contribution is 6.17. The van der Waals surface area contributed by atoms with Crippen LogP contribution in [0.3, 0.4) is 0 Å². The minimum absolute atomic E-state index is 0.0546. The van der Waals surface area contributed by atoms with Crippen molar-refractivity contribution in [3.63, 3.8) is 0 Å². The lowest BCUT2D eigenvalue weighted by Crippen LogP contribution is -2.09. The van der Waals surface area contributed by atoms with E-state index in [1.54, 1.807) is 0 Å². The van der Waals surface area contributed by atoms with Crippen LogP contribution in [0, 0.1) is 0 Å². The summed E-state index contributed by atoms with van der Waals surface area (Å²) in [5.41, 5.74) is 0. The summed E-state index contributed by atoms with van der Waals surface area (Å²) in [5.74, 6) is 0.633. The van der Waals surface area contributed by atoms with Crippen molar-refractivity contribution < 1.29 is 17.9 Å². The second-order valence-corrected chi connectivity index (χ2v) is 3.46. The molecule has 0 saturated carbocycles. The highest BCUT2D eigenvalue weighted by Crippen LogP contribution is 2.20. The Kier molecular flexibility index (Phi) is 8.38. The van der Waals surface area contributed by atoms with Gasteiger partial charge in [-0.1, -0.05) is 0 Å². The average Bonchev–Trinajstić information content (AvgIpc) is 2.08. The Morgan fingerprint density at radius 1 is 0.929 bits per heavy atom. The fourth-order valence-corrected chi connectivity index (χ4v) is 1.14. The summed E-state index contributed by atoms with van der Waals surface area (Å²) in [4.78, 5) is 0. The maximum absolute atomic E-state index is 11.7. The van der Waals surface area contributed by atoms with Gasteiger partial charge in [-0.2, -0.15) is 13.2 Å². The van der Waals surface area contributed by atoms with E-state index in [1.165, 1.54) is 0 Å². The zero-order valence-electron chi connectivity index (χ0n) is 8.08. The Balaban J connectivity index is 2.99. The molecule has 14 heavy (non-hydrogen) atoms. The SMILES string of the molecule is FC(F)(F)CCCOCCCCCCl. The molecule has 0 amide bonds. The van der Waals surface area contributed by atoms with E-state index in [-0.39, 0.29) is 13.0 Å². The summed E-state index contributed by atoms with van der Waals surface area (Å²) in [7, 11) is 0. The van der Waals surface area contributed by atoms with E-state index in [9.17, 15) is 13.2 Å². The van der Waals surface area contributed by atoms with Crippen LogP contribution in [0.2, 0.25) is 0 Å². The molecule has 0 N–H and O–H groups in total. The van der Waals surface area contributed by atoms with E-state index in [0.717, 1.165) is 19.3 Å². The standard InChI is InChI=1S/C9H16ClF3O/c10-6-2-1-3-7-14-8-4-5-9(11,12)13/h1-8H2. The van der Waals surface area contributed by atoms with Gasteiger partial charge in [0.1, 0.15) is 0 Å². The molecule has 0 saturated heterocycles. The average molecular weight is 233 g/mol. The van der Waals surface area contributed by atoms with E-state index in [1.807, 2.05) is 0 Å². The molecule has 0 spiro atoms. The first-order valence-electron chi connectivity index (χ1n) is 4.77. The molecule has 0 heterocycles. The molecule has 0 bridgehead atoms. The summed E-state index contributed by atoms with van der Waals surface area (Å²) in [5, 5.41) is 0. The third-order valence-electron chi connectivity index (χ3n) is 1.67. The number of unbranched alkanes of at least 4 members (excludes halogenated alkanes) is 2. The summed E-state index contributed by atoms with van der Waals surface area (Å²) in [6.45, 7) is 0.731. The molecule has 0 aromatic rings. The molecular weight excluding hydrogens is 217 g/mol. The Hall–Kier alpha value is 0.0400. The van der Waals surface area contributed by atoms with Gasteiger partial charge < -0.3 is 4.74 Å². The Morgan fingerprint density at radius 2 is 1.57 bits per heavy atom. The molecule has 0 rings (SSSR count). The Labute approximate surface area is 87.6 Å². The minimum atomic E-state index is -4.05. The van der Waals surface area contributed by atoms with Crippen molar-refractivity contribution in [2.75, 3.05) is 19.1 Å². The van der Waals surface area contributed by atoms with Gasteiger partial charge in [-0.05, 0) is 25.7 Å². The lowest BCUT2D eigenvalue weighted by Gasteiger charge is -2.06. The van der Waals surface area contributed by atoms with E-state index in [2.05, 4.69) is 0 Å². The van der Waals surface area contributed by atoms with Crippen LogP contribution in [-0.4, -0.2) is 25.3 Å². The minimum Gasteiger partial charge on any atom is -0.381 e. The maximum atomic E-state index is 11.7. The fourth-order valence-electron chi connectivity index (χ4n) is 0.952. The van der Waals surface area contributed by atoms with Gasteiger partial charge in [0, 0.05) is 25.5 Å². The molecule has 0 aliphatic rings. The molecule has 1 nitrogen and oxygen atoms in total. The predicted molar refractivity (Wildman–Crippen MR) is 50.7 cm³/mol. The second kappa shape index (κ2) is 8.36. The van der Waals surface area contributed by atoms with Crippen LogP contribution in [-0.2, 0) is 4.74 Å². The zero-order valence-corrected chi connectivity index (χ0v) is 8.83. The van der Waals surface area contributed by atoms with Gasteiger partial charge in [0.2, 0.25) is 0 Å². The summed E-state index contributed by atoms with van der Waals surface area (Å²) in [6.07, 6.45) is -1.97. The van der Waals surface area contributed by atoms with Gasteiger partial charge in [0.15, 0.2) is 0 Å². The van der Waals surface area contributed by atoms with E-state index in [0.29, 0.717) is 12.5 Å². The molecule has 0 aromatic carbocycles. The molecular formula is C9H16ClF3O. The van der Waals surface area contributed by atoms with Crippen LogP contribution < -0.4 is 0 Å². The maximum Gasteiger partial charge on any atom is 0.389 e. The molecule has 5 heteroatoms. The van der Waals surface area contributed by atoms with Crippen molar-refractivity contribution in [1.29, 1.82) is 0 Å². The first-order chi connectivity index (χ1) is 6.56. The smallest absolute Gasteiger partial charge is 0.381 e. The van der Waals surface area contributed by atoms with Gasteiger partial charge in [-0.25, -0.2) is 0 Å².